The highest BCUT2D eigenvalue weighted by atomic mass is 16.4. The standard InChI is InChI=1S/C24H47NO4/c1-2-3-4-5-6-7-8-9-10-11-12-13-14-15-16-17-18-19-20-25(21-23(26)27)22-24(28)29/h2-22H2,1H3,(H,26,27)(H,28,29). The zero-order chi connectivity index (χ0) is 21.6. The Morgan fingerprint density at radius 2 is 0.793 bits per heavy atom. The smallest absolute Gasteiger partial charge is 0.317 e. The third kappa shape index (κ3) is 23.0. The Kier molecular flexibility index (Phi) is 20.8. The number of rotatable bonds is 23. The average molecular weight is 414 g/mol. The molecule has 0 aliphatic heterocycles. The van der Waals surface area contributed by atoms with Gasteiger partial charge in [0.2, 0.25) is 0 Å². The summed E-state index contributed by atoms with van der Waals surface area (Å²) in [6, 6.07) is 0. The van der Waals surface area contributed by atoms with E-state index in [1.807, 2.05) is 0 Å². The van der Waals surface area contributed by atoms with Gasteiger partial charge in [-0.05, 0) is 13.0 Å². The molecule has 0 aromatic heterocycles. The fraction of sp³-hybridized carbons (Fsp3) is 0.917. The van der Waals surface area contributed by atoms with Crippen LogP contribution in [0.15, 0.2) is 0 Å². The summed E-state index contributed by atoms with van der Waals surface area (Å²) in [5.74, 6) is -1.93. The number of unbranched alkanes of at least 4 members (excludes halogenated alkanes) is 17. The maximum atomic E-state index is 10.7. The molecule has 0 aromatic carbocycles. The maximum absolute atomic E-state index is 10.7. The van der Waals surface area contributed by atoms with Crippen LogP contribution in [0, 0.1) is 0 Å². The summed E-state index contributed by atoms with van der Waals surface area (Å²) in [5, 5.41) is 17.6. The second-order valence-corrected chi connectivity index (χ2v) is 8.51. The van der Waals surface area contributed by atoms with Crippen molar-refractivity contribution >= 4 is 11.9 Å². The van der Waals surface area contributed by atoms with Crippen LogP contribution in [0.1, 0.15) is 122 Å². The van der Waals surface area contributed by atoms with Crippen LogP contribution < -0.4 is 0 Å². The molecule has 0 radical (unpaired) electrons. The van der Waals surface area contributed by atoms with Gasteiger partial charge in [0, 0.05) is 0 Å². The predicted octanol–water partition coefficient (Wildman–Crippen LogP) is 6.50. The van der Waals surface area contributed by atoms with Crippen molar-refractivity contribution in [3.05, 3.63) is 0 Å². The van der Waals surface area contributed by atoms with Crippen molar-refractivity contribution in [3.8, 4) is 0 Å². The lowest BCUT2D eigenvalue weighted by molar-refractivity contribution is -0.141. The Morgan fingerprint density at radius 3 is 1.07 bits per heavy atom. The van der Waals surface area contributed by atoms with Gasteiger partial charge < -0.3 is 10.2 Å². The van der Waals surface area contributed by atoms with Crippen LogP contribution in [-0.4, -0.2) is 46.7 Å². The lowest BCUT2D eigenvalue weighted by Gasteiger charge is -2.17. The minimum atomic E-state index is -0.964. The van der Waals surface area contributed by atoms with Gasteiger partial charge in [-0.15, -0.1) is 0 Å². The van der Waals surface area contributed by atoms with Crippen LogP contribution in [0.25, 0.3) is 0 Å². The molecule has 0 aliphatic rings. The quantitative estimate of drug-likeness (QED) is 0.187. The van der Waals surface area contributed by atoms with E-state index in [0.717, 1.165) is 19.3 Å². The van der Waals surface area contributed by atoms with Gasteiger partial charge in [-0.3, -0.25) is 14.5 Å². The SMILES string of the molecule is CCCCCCCCCCCCCCCCCCCCN(CC(=O)O)CC(=O)O. The fourth-order valence-corrected chi connectivity index (χ4v) is 3.83. The number of carboxylic acid groups (broad SMARTS) is 2. The first-order chi connectivity index (χ1) is 14.1. The van der Waals surface area contributed by atoms with Crippen LogP contribution in [0.2, 0.25) is 0 Å². The third-order valence-corrected chi connectivity index (χ3v) is 5.55. The minimum Gasteiger partial charge on any atom is -0.480 e. The molecule has 0 unspecified atom stereocenters. The first-order valence-electron chi connectivity index (χ1n) is 12.2. The van der Waals surface area contributed by atoms with Crippen molar-refractivity contribution in [1.82, 2.24) is 4.90 Å². The van der Waals surface area contributed by atoms with Crippen LogP contribution in [0.3, 0.4) is 0 Å². The number of hydrogen-bond donors (Lipinski definition) is 2. The number of nitrogens with zero attached hydrogens (tertiary/aromatic N) is 1. The molecule has 172 valence electrons. The number of hydrogen-bond acceptors (Lipinski definition) is 3. The van der Waals surface area contributed by atoms with Crippen molar-refractivity contribution in [2.24, 2.45) is 0 Å². The van der Waals surface area contributed by atoms with E-state index in [2.05, 4.69) is 6.92 Å². The van der Waals surface area contributed by atoms with E-state index in [4.69, 9.17) is 10.2 Å². The molecule has 0 saturated heterocycles. The molecule has 0 atom stereocenters. The van der Waals surface area contributed by atoms with Gasteiger partial charge in [0.05, 0.1) is 13.1 Å². The summed E-state index contributed by atoms with van der Waals surface area (Å²) < 4.78 is 0. The van der Waals surface area contributed by atoms with Gasteiger partial charge in [0.25, 0.3) is 0 Å². The second-order valence-electron chi connectivity index (χ2n) is 8.51. The average Bonchev–Trinajstić information content (AvgIpc) is 2.66. The monoisotopic (exact) mass is 413 g/mol. The maximum Gasteiger partial charge on any atom is 0.317 e. The zero-order valence-corrected chi connectivity index (χ0v) is 19.0. The third-order valence-electron chi connectivity index (χ3n) is 5.55. The molecular formula is C24H47NO4. The molecule has 0 saturated carbocycles. The van der Waals surface area contributed by atoms with E-state index in [1.165, 1.54) is 101 Å². The Balaban J connectivity index is 3.28. The largest absolute Gasteiger partial charge is 0.480 e. The molecule has 0 amide bonds. The van der Waals surface area contributed by atoms with Crippen molar-refractivity contribution in [1.29, 1.82) is 0 Å². The highest BCUT2D eigenvalue weighted by Gasteiger charge is 2.12. The summed E-state index contributed by atoms with van der Waals surface area (Å²) in [4.78, 5) is 23.0. The molecule has 0 fully saturated rings. The molecule has 0 bridgehead atoms. The minimum absolute atomic E-state index is 0.189. The van der Waals surface area contributed by atoms with Crippen LogP contribution >= 0.6 is 0 Å². The molecule has 2 N–H and O–H groups in total. The fourth-order valence-electron chi connectivity index (χ4n) is 3.83. The molecule has 0 aliphatic carbocycles. The van der Waals surface area contributed by atoms with Gasteiger partial charge in [-0.2, -0.15) is 0 Å². The first kappa shape index (κ1) is 27.9. The molecule has 0 rings (SSSR count). The molecule has 5 heteroatoms. The van der Waals surface area contributed by atoms with Crippen LogP contribution in [-0.2, 0) is 9.59 Å². The molecule has 29 heavy (non-hydrogen) atoms. The summed E-state index contributed by atoms with van der Waals surface area (Å²) in [6.07, 6.45) is 23.7. The zero-order valence-electron chi connectivity index (χ0n) is 19.0. The van der Waals surface area contributed by atoms with Crippen LogP contribution in [0.4, 0.5) is 0 Å². The highest BCUT2D eigenvalue weighted by Crippen LogP contribution is 2.14. The summed E-state index contributed by atoms with van der Waals surface area (Å²) in [5.41, 5.74) is 0. The van der Waals surface area contributed by atoms with Crippen molar-refractivity contribution in [2.45, 2.75) is 122 Å². The molecular weight excluding hydrogens is 366 g/mol. The summed E-state index contributed by atoms with van der Waals surface area (Å²) in [6.45, 7) is 2.44. The number of aliphatic carboxylic acids is 2. The molecule has 0 spiro atoms. The molecule has 0 heterocycles. The van der Waals surface area contributed by atoms with Crippen molar-refractivity contribution in [2.75, 3.05) is 19.6 Å². The van der Waals surface area contributed by atoms with E-state index in [1.54, 1.807) is 0 Å². The van der Waals surface area contributed by atoms with E-state index in [9.17, 15) is 9.59 Å². The van der Waals surface area contributed by atoms with E-state index >= 15 is 0 Å². The van der Waals surface area contributed by atoms with Gasteiger partial charge in [0.1, 0.15) is 0 Å². The summed E-state index contributed by atoms with van der Waals surface area (Å²) in [7, 11) is 0. The topological polar surface area (TPSA) is 77.8 Å². The molecule has 0 aromatic rings. The van der Waals surface area contributed by atoms with Crippen LogP contribution in [0.5, 0.6) is 0 Å². The van der Waals surface area contributed by atoms with E-state index in [0.29, 0.717) is 6.54 Å². The Hall–Kier alpha value is -1.10. The van der Waals surface area contributed by atoms with Crippen molar-refractivity contribution in [3.63, 3.8) is 0 Å². The van der Waals surface area contributed by atoms with Gasteiger partial charge in [-0.1, -0.05) is 116 Å². The van der Waals surface area contributed by atoms with Crippen molar-refractivity contribution < 1.29 is 19.8 Å². The lowest BCUT2D eigenvalue weighted by atomic mass is 10.0. The predicted molar refractivity (Wildman–Crippen MR) is 120 cm³/mol. The Labute approximate surface area is 179 Å². The summed E-state index contributed by atoms with van der Waals surface area (Å²) >= 11 is 0. The van der Waals surface area contributed by atoms with Gasteiger partial charge >= 0.3 is 11.9 Å². The number of carboxylic acids is 2. The van der Waals surface area contributed by atoms with E-state index < -0.39 is 11.9 Å². The number of carbonyl (C=O) groups is 2. The normalized spacial score (nSPS) is 11.2. The Bertz CT molecular complexity index is 371. The highest BCUT2D eigenvalue weighted by molar-refractivity contribution is 5.72. The first-order valence-corrected chi connectivity index (χ1v) is 12.2. The van der Waals surface area contributed by atoms with Gasteiger partial charge in [-0.25, -0.2) is 0 Å². The molecule has 5 nitrogen and oxygen atoms in total. The van der Waals surface area contributed by atoms with E-state index in [-0.39, 0.29) is 13.1 Å². The lowest BCUT2D eigenvalue weighted by Crippen LogP contribution is -2.35. The Morgan fingerprint density at radius 1 is 0.517 bits per heavy atom. The van der Waals surface area contributed by atoms with Gasteiger partial charge in [0.15, 0.2) is 0 Å². The second kappa shape index (κ2) is 21.6.